The molecule has 3 heterocycles. The minimum Gasteiger partial charge on any atom is -0.474 e. The Hall–Kier alpha value is -2.86. The normalized spacial score (nSPS) is 12.8. The lowest BCUT2D eigenvalue weighted by atomic mass is 10.2. The Morgan fingerprint density at radius 3 is 2.96 bits per heavy atom. The van der Waals surface area contributed by atoms with E-state index in [1.54, 1.807) is 10.7 Å². The molecule has 0 aliphatic heterocycles. The summed E-state index contributed by atoms with van der Waals surface area (Å²) in [6, 6.07) is 13.6. The first kappa shape index (κ1) is 14.7. The molecule has 0 radical (unpaired) electrons. The SMILES string of the molecule is CC(CCN)Oc1ccc2ncc(-c3cc4ccccc4o3)n2n1. The summed E-state index contributed by atoms with van der Waals surface area (Å²) in [5, 5.41) is 5.58. The van der Waals surface area contributed by atoms with E-state index >= 15 is 0 Å². The fraction of sp³-hybridized carbons (Fsp3) is 0.222. The highest BCUT2D eigenvalue weighted by Gasteiger charge is 2.13. The highest BCUT2D eigenvalue weighted by molar-refractivity contribution is 5.82. The molecule has 1 aromatic carbocycles. The molecular formula is C18H18N4O2. The van der Waals surface area contributed by atoms with Crippen molar-refractivity contribution in [3.8, 4) is 17.3 Å². The van der Waals surface area contributed by atoms with Crippen molar-refractivity contribution >= 4 is 16.6 Å². The summed E-state index contributed by atoms with van der Waals surface area (Å²) in [7, 11) is 0. The van der Waals surface area contributed by atoms with E-state index in [2.05, 4.69) is 10.1 Å². The average molecular weight is 322 g/mol. The van der Waals surface area contributed by atoms with Crippen LogP contribution in [0.5, 0.6) is 5.88 Å². The number of benzene rings is 1. The largest absolute Gasteiger partial charge is 0.474 e. The fourth-order valence-electron chi connectivity index (χ4n) is 2.70. The van der Waals surface area contributed by atoms with Crippen LogP contribution in [0.4, 0.5) is 0 Å². The molecule has 6 nitrogen and oxygen atoms in total. The zero-order valence-corrected chi connectivity index (χ0v) is 13.3. The van der Waals surface area contributed by atoms with Gasteiger partial charge in [0.15, 0.2) is 11.4 Å². The third-order valence-corrected chi connectivity index (χ3v) is 3.91. The van der Waals surface area contributed by atoms with E-state index in [1.807, 2.05) is 49.4 Å². The van der Waals surface area contributed by atoms with Crippen molar-refractivity contribution in [3.63, 3.8) is 0 Å². The highest BCUT2D eigenvalue weighted by atomic mass is 16.5. The Kier molecular flexibility index (Phi) is 3.66. The summed E-state index contributed by atoms with van der Waals surface area (Å²) in [6.45, 7) is 2.56. The molecule has 0 spiro atoms. The maximum Gasteiger partial charge on any atom is 0.232 e. The van der Waals surface area contributed by atoms with E-state index in [1.165, 1.54) is 0 Å². The smallest absolute Gasteiger partial charge is 0.232 e. The summed E-state index contributed by atoms with van der Waals surface area (Å²) in [5.74, 6) is 1.27. The van der Waals surface area contributed by atoms with Gasteiger partial charge in [0, 0.05) is 11.5 Å². The predicted octanol–water partition coefficient (Wildman–Crippen LogP) is 3.26. The number of hydrogen-bond acceptors (Lipinski definition) is 5. The number of fused-ring (bicyclic) bond motifs is 2. The van der Waals surface area contributed by atoms with Crippen molar-refractivity contribution in [3.05, 3.63) is 48.7 Å². The lowest BCUT2D eigenvalue weighted by Crippen LogP contribution is -2.17. The molecule has 6 heteroatoms. The molecule has 122 valence electrons. The van der Waals surface area contributed by atoms with Crippen molar-refractivity contribution in [2.24, 2.45) is 5.73 Å². The van der Waals surface area contributed by atoms with Crippen molar-refractivity contribution < 1.29 is 9.15 Å². The molecule has 0 fully saturated rings. The van der Waals surface area contributed by atoms with Crippen LogP contribution in [0.2, 0.25) is 0 Å². The Morgan fingerprint density at radius 1 is 1.25 bits per heavy atom. The predicted molar refractivity (Wildman–Crippen MR) is 92.0 cm³/mol. The van der Waals surface area contributed by atoms with Crippen LogP contribution in [0.15, 0.2) is 53.1 Å². The third-order valence-electron chi connectivity index (χ3n) is 3.91. The molecule has 0 amide bonds. The summed E-state index contributed by atoms with van der Waals surface area (Å²) in [4.78, 5) is 4.39. The molecule has 1 atom stereocenters. The van der Waals surface area contributed by atoms with Gasteiger partial charge in [-0.05, 0) is 38.1 Å². The van der Waals surface area contributed by atoms with E-state index < -0.39 is 0 Å². The van der Waals surface area contributed by atoms with E-state index in [0.29, 0.717) is 12.4 Å². The summed E-state index contributed by atoms with van der Waals surface area (Å²) >= 11 is 0. The van der Waals surface area contributed by atoms with Gasteiger partial charge in [-0.1, -0.05) is 18.2 Å². The first-order valence-electron chi connectivity index (χ1n) is 7.95. The summed E-state index contributed by atoms with van der Waals surface area (Å²) in [6.07, 6.45) is 2.55. The van der Waals surface area contributed by atoms with Crippen molar-refractivity contribution in [2.75, 3.05) is 6.54 Å². The molecule has 0 aliphatic carbocycles. The maximum absolute atomic E-state index is 5.92. The van der Waals surface area contributed by atoms with Crippen LogP contribution in [-0.2, 0) is 0 Å². The second kappa shape index (κ2) is 5.98. The number of imidazole rings is 1. The standard InChI is InChI=1S/C18H18N4O2/c1-12(8-9-19)23-18-7-6-17-20-11-14(22(17)21-18)16-10-13-4-2-3-5-15(13)24-16/h2-7,10-12H,8-9,19H2,1H3. The van der Waals surface area contributed by atoms with Crippen molar-refractivity contribution in [1.82, 2.24) is 14.6 Å². The molecule has 24 heavy (non-hydrogen) atoms. The van der Waals surface area contributed by atoms with Gasteiger partial charge >= 0.3 is 0 Å². The van der Waals surface area contributed by atoms with Gasteiger partial charge in [0.1, 0.15) is 11.3 Å². The zero-order chi connectivity index (χ0) is 16.5. The van der Waals surface area contributed by atoms with Crippen LogP contribution in [0, 0.1) is 0 Å². The lowest BCUT2D eigenvalue weighted by Gasteiger charge is -2.12. The number of furan rings is 1. The van der Waals surface area contributed by atoms with Gasteiger partial charge in [-0.15, -0.1) is 5.10 Å². The van der Waals surface area contributed by atoms with Crippen LogP contribution in [0.3, 0.4) is 0 Å². The Balaban J connectivity index is 1.75. The number of ether oxygens (including phenoxy) is 1. The molecule has 3 aromatic heterocycles. The molecular weight excluding hydrogens is 304 g/mol. The number of rotatable bonds is 5. The van der Waals surface area contributed by atoms with Gasteiger partial charge in [0.2, 0.25) is 5.88 Å². The van der Waals surface area contributed by atoms with Crippen LogP contribution >= 0.6 is 0 Å². The van der Waals surface area contributed by atoms with Gasteiger partial charge in [-0.3, -0.25) is 0 Å². The molecule has 0 aliphatic rings. The van der Waals surface area contributed by atoms with E-state index in [0.717, 1.165) is 34.5 Å². The number of para-hydroxylation sites is 1. The molecule has 4 rings (SSSR count). The molecule has 2 N–H and O–H groups in total. The molecule has 1 unspecified atom stereocenters. The first-order valence-corrected chi connectivity index (χ1v) is 7.95. The van der Waals surface area contributed by atoms with Gasteiger partial charge in [0.25, 0.3) is 0 Å². The Bertz CT molecular complexity index is 956. The van der Waals surface area contributed by atoms with Gasteiger partial charge in [0.05, 0.1) is 12.3 Å². The minimum absolute atomic E-state index is 0.0122. The second-order valence-corrected chi connectivity index (χ2v) is 5.74. The monoisotopic (exact) mass is 322 g/mol. The van der Waals surface area contributed by atoms with E-state index in [-0.39, 0.29) is 6.10 Å². The first-order chi connectivity index (χ1) is 11.7. The van der Waals surface area contributed by atoms with Crippen molar-refractivity contribution in [1.29, 1.82) is 0 Å². The quantitative estimate of drug-likeness (QED) is 0.610. The Morgan fingerprint density at radius 2 is 2.12 bits per heavy atom. The number of aromatic nitrogens is 3. The van der Waals surface area contributed by atoms with Crippen molar-refractivity contribution in [2.45, 2.75) is 19.4 Å². The van der Waals surface area contributed by atoms with Crippen LogP contribution in [0.1, 0.15) is 13.3 Å². The number of hydrogen-bond donors (Lipinski definition) is 1. The van der Waals surface area contributed by atoms with Crippen LogP contribution in [-0.4, -0.2) is 27.2 Å². The topological polar surface area (TPSA) is 78.6 Å². The summed E-state index contributed by atoms with van der Waals surface area (Å²) < 4.78 is 13.5. The average Bonchev–Trinajstić information content (AvgIpc) is 3.18. The molecule has 0 saturated carbocycles. The fourth-order valence-corrected chi connectivity index (χ4v) is 2.70. The van der Waals surface area contributed by atoms with E-state index in [9.17, 15) is 0 Å². The zero-order valence-electron chi connectivity index (χ0n) is 13.3. The van der Waals surface area contributed by atoms with Crippen LogP contribution < -0.4 is 10.5 Å². The number of nitrogens with zero attached hydrogens (tertiary/aromatic N) is 3. The minimum atomic E-state index is 0.0122. The molecule has 4 aromatic rings. The Labute approximate surface area is 138 Å². The highest BCUT2D eigenvalue weighted by Crippen LogP contribution is 2.28. The van der Waals surface area contributed by atoms with Gasteiger partial charge in [-0.2, -0.15) is 0 Å². The third kappa shape index (κ3) is 2.61. The molecule has 0 saturated heterocycles. The van der Waals surface area contributed by atoms with Crippen LogP contribution in [0.25, 0.3) is 28.1 Å². The molecule has 0 bridgehead atoms. The van der Waals surface area contributed by atoms with E-state index in [4.69, 9.17) is 14.9 Å². The second-order valence-electron chi connectivity index (χ2n) is 5.74. The maximum atomic E-state index is 5.92. The number of nitrogens with two attached hydrogens (primary N) is 1. The van der Waals surface area contributed by atoms with Gasteiger partial charge < -0.3 is 14.9 Å². The van der Waals surface area contributed by atoms with Gasteiger partial charge in [-0.25, -0.2) is 9.50 Å². The summed E-state index contributed by atoms with van der Waals surface area (Å²) in [5.41, 5.74) is 7.94. The lowest BCUT2D eigenvalue weighted by molar-refractivity contribution is 0.202.